The highest BCUT2D eigenvalue weighted by molar-refractivity contribution is 7.15. The van der Waals surface area contributed by atoms with Crippen LogP contribution in [0.5, 0.6) is 0 Å². The monoisotopic (exact) mass is 340 g/mol. The van der Waals surface area contributed by atoms with E-state index in [1.165, 1.54) is 25.8 Å². The van der Waals surface area contributed by atoms with Crippen molar-refractivity contribution in [3.63, 3.8) is 0 Å². The van der Waals surface area contributed by atoms with Crippen molar-refractivity contribution in [1.29, 1.82) is 0 Å². The lowest BCUT2D eigenvalue weighted by Crippen LogP contribution is -3.15. The summed E-state index contributed by atoms with van der Waals surface area (Å²) in [6.45, 7) is 4.34. The summed E-state index contributed by atoms with van der Waals surface area (Å²) in [5.74, 6) is 0. The van der Waals surface area contributed by atoms with Crippen LogP contribution in [-0.4, -0.2) is 22.0 Å². The average molecular weight is 340 g/mol. The third-order valence-corrected chi connectivity index (χ3v) is 5.84. The molecule has 0 saturated carbocycles. The lowest BCUT2D eigenvalue weighted by molar-refractivity contribution is -0.942. The van der Waals surface area contributed by atoms with Crippen LogP contribution in [0.25, 0.3) is 16.2 Å². The second-order valence-corrected chi connectivity index (χ2v) is 7.51. The van der Waals surface area contributed by atoms with E-state index >= 15 is 0 Å². The van der Waals surface area contributed by atoms with Crippen molar-refractivity contribution in [3.05, 3.63) is 57.8 Å². The Morgan fingerprint density at radius 1 is 1.29 bits per heavy atom. The Bertz CT molecular complexity index is 900. The zero-order valence-electron chi connectivity index (χ0n) is 13.9. The number of thiazole rings is 1. The van der Waals surface area contributed by atoms with E-state index in [-0.39, 0.29) is 5.56 Å². The number of aromatic nitrogens is 2. The molecular weight excluding hydrogens is 318 g/mol. The SMILES string of the molecule is C[C@@H]1CCCC[NH+]1Cc1cc(=O)n2c(-c3ccccc3)csc2n1. The molecular formula is C19H22N3OS+. The number of rotatable bonds is 3. The van der Waals surface area contributed by atoms with Gasteiger partial charge in [-0.2, -0.15) is 0 Å². The van der Waals surface area contributed by atoms with Crippen LogP contribution in [0, 0.1) is 0 Å². The van der Waals surface area contributed by atoms with Crippen LogP contribution in [0.1, 0.15) is 31.9 Å². The van der Waals surface area contributed by atoms with Crippen molar-refractivity contribution in [2.24, 2.45) is 0 Å². The summed E-state index contributed by atoms with van der Waals surface area (Å²) in [6, 6.07) is 12.4. The largest absolute Gasteiger partial charge is 0.328 e. The highest BCUT2D eigenvalue weighted by Gasteiger charge is 2.23. The Morgan fingerprint density at radius 3 is 2.92 bits per heavy atom. The van der Waals surface area contributed by atoms with Crippen molar-refractivity contribution in [2.75, 3.05) is 6.54 Å². The molecule has 1 aliphatic rings. The molecule has 1 fully saturated rings. The third-order valence-electron chi connectivity index (χ3n) is 5.02. The topological polar surface area (TPSA) is 38.8 Å². The Morgan fingerprint density at radius 2 is 2.12 bits per heavy atom. The second-order valence-electron chi connectivity index (χ2n) is 6.67. The van der Waals surface area contributed by atoms with Crippen LogP contribution < -0.4 is 10.5 Å². The number of hydrogen-bond donors (Lipinski definition) is 1. The van der Waals surface area contributed by atoms with E-state index in [1.54, 1.807) is 26.7 Å². The van der Waals surface area contributed by atoms with E-state index < -0.39 is 0 Å². The smallest absolute Gasteiger partial charge is 0.259 e. The molecule has 124 valence electrons. The maximum atomic E-state index is 12.7. The van der Waals surface area contributed by atoms with Gasteiger partial charge in [-0.3, -0.25) is 9.20 Å². The van der Waals surface area contributed by atoms with E-state index in [1.807, 2.05) is 35.7 Å². The molecule has 0 radical (unpaired) electrons. The van der Waals surface area contributed by atoms with Crippen LogP contribution in [-0.2, 0) is 6.54 Å². The third kappa shape index (κ3) is 2.89. The van der Waals surface area contributed by atoms with Crippen LogP contribution in [0.3, 0.4) is 0 Å². The maximum Gasteiger partial charge on any atom is 0.259 e. The van der Waals surface area contributed by atoms with Crippen molar-refractivity contribution >= 4 is 16.3 Å². The normalized spacial score (nSPS) is 21.2. The molecule has 4 rings (SSSR count). The minimum atomic E-state index is 0.0270. The van der Waals surface area contributed by atoms with Crippen molar-refractivity contribution in [3.8, 4) is 11.3 Å². The van der Waals surface area contributed by atoms with Crippen molar-refractivity contribution in [2.45, 2.75) is 38.8 Å². The Labute approximate surface area is 145 Å². The molecule has 1 saturated heterocycles. The molecule has 5 heteroatoms. The Kier molecular flexibility index (Phi) is 4.21. The number of quaternary nitrogens is 1. The van der Waals surface area contributed by atoms with E-state index in [0.29, 0.717) is 6.04 Å². The molecule has 24 heavy (non-hydrogen) atoms. The van der Waals surface area contributed by atoms with E-state index in [0.717, 1.165) is 28.5 Å². The van der Waals surface area contributed by atoms with Crippen molar-refractivity contribution < 1.29 is 4.90 Å². The van der Waals surface area contributed by atoms with Gasteiger partial charge in [0.25, 0.3) is 5.56 Å². The predicted molar refractivity (Wildman–Crippen MR) is 97.6 cm³/mol. The molecule has 0 amide bonds. The summed E-state index contributed by atoms with van der Waals surface area (Å²) in [4.78, 5) is 19.8. The van der Waals surface area contributed by atoms with Gasteiger partial charge in [-0.15, -0.1) is 11.3 Å². The van der Waals surface area contributed by atoms with Crippen molar-refractivity contribution in [1.82, 2.24) is 9.38 Å². The number of nitrogens with zero attached hydrogens (tertiary/aromatic N) is 2. The van der Waals surface area contributed by atoms with Gasteiger partial charge in [0, 0.05) is 11.4 Å². The first-order valence-corrected chi connectivity index (χ1v) is 9.50. The highest BCUT2D eigenvalue weighted by atomic mass is 32.1. The minimum Gasteiger partial charge on any atom is -0.328 e. The average Bonchev–Trinajstić information content (AvgIpc) is 3.02. The molecule has 2 atom stereocenters. The van der Waals surface area contributed by atoms with Gasteiger partial charge in [0.05, 0.1) is 18.3 Å². The maximum absolute atomic E-state index is 12.7. The van der Waals surface area contributed by atoms with Gasteiger partial charge in [-0.1, -0.05) is 30.3 Å². The second kappa shape index (κ2) is 6.49. The molecule has 1 unspecified atom stereocenters. The minimum absolute atomic E-state index is 0.0270. The summed E-state index contributed by atoms with van der Waals surface area (Å²) in [5.41, 5.74) is 2.93. The first-order chi connectivity index (χ1) is 11.7. The van der Waals surface area contributed by atoms with Crippen LogP contribution >= 0.6 is 11.3 Å². The number of likely N-dealkylation sites (tertiary alicyclic amines) is 1. The number of benzene rings is 1. The highest BCUT2D eigenvalue weighted by Crippen LogP contribution is 2.23. The first-order valence-electron chi connectivity index (χ1n) is 8.62. The molecule has 1 N–H and O–H groups in total. The Balaban J connectivity index is 1.70. The standard InChI is InChI=1S/C19H21N3OS/c1-14-7-5-6-10-21(14)12-16-11-18(23)22-17(13-24-19(22)20-16)15-8-3-2-4-9-15/h2-4,8-9,11,13-14H,5-7,10,12H2,1H3/p+1/t14-/m1/s1. The van der Waals surface area contributed by atoms with Gasteiger partial charge < -0.3 is 4.90 Å². The summed E-state index contributed by atoms with van der Waals surface area (Å²) < 4.78 is 1.73. The van der Waals surface area contributed by atoms with Gasteiger partial charge in [0.1, 0.15) is 12.2 Å². The fourth-order valence-electron chi connectivity index (χ4n) is 3.61. The molecule has 3 aromatic rings. The zero-order valence-corrected chi connectivity index (χ0v) is 14.7. The molecule has 0 spiro atoms. The summed E-state index contributed by atoms with van der Waals surface area (Å²) in [5, 5.41) is 2.03. The molecule has 0 aliphatic carbocycles. The fourth-order valence-corrected chi connectivity index (χ4v) is 4.54. The van der Waals surface area contributed by atoms with Crippen LogP contribution in [0.2, 0.25) is 0 Å². The lowest BCUT2D eigenvalue weighted by atomic mass is 10.0. The molecule has 4 nitrogen and oxygen atoms in total. The van der Waals surface area contributed by atoms with E-state index in [9.17, 15) is 4.79 Å². The summed E-state index contributed by atoms with van der Waals surface area (Å²) >= 11 is 1.54. The number of hydrogen-bond acceptors (Lipinski definition) is 3. The lowest BCUT2D eigenvalue weighted by Gasteiger charge is -2.29. The van der Waals surface area contributed by atoms with Gasteiger partial charge >= 0.3 is 0 Å². The van der Waals surface area contributed by atoms with Crippen LogP contribution in [0.15, 0.2) is 46.6 Å². The van der Waals surface area contributed by atoms with Crippen LogP contribution in [0.4, 0.5) is 0 Å². The number of piperidine rings is 1. The summed E-state index contributed by atoms with van der Waals surface area (Å²) in [7, 11) is 0. The quantitative estimate of drug-likeness (QED) is 0.795. The zero-order chi connectivity index (χ0) is 16.5. The Hall–Kier alpha value is -1.98. The molecule has 2 aromatic heterocycles. The van der Waals surface area contributed by atoms with Gasteiger partial charge in [-0.05, 0) is 31.7 Å². The summed E-state index contributed by atoms with van der Waals surface area (Å²) in [6.07, 6.45) is 3.87. The molecule has 0 bridgehead atoms. The van der Waals surface area contributed by atoms with Gasteiger partial charge in [0.2, 0.25) is 0 Å². The molecule has 1 aromatic carbocycles. The first kappa shape index (κ1) is 15.5. The number of fused-ring (bicyclic) bond motifs is 1. The predicted octanol–water partition coefficient (Wildman–Crippen LogP) is 2.38. The van der Waals surface area contributed by atoms with E-state index in [2.05, 4.69) is 6.92 Å². The molecule has 1 aliphatic heterocycles. The molecule has 3 heterocycles. The van der Waals surface area contributed by atoms with Gasteiger partial charge in [0.15, 0.2) is 4.96 Å². The number of nitrogens with one attached hydrogen (secondary N) is 1. The fraction of sp³-hybridized carbons (Fsp3) is 0.368. The van der Waals surface area contributed by atoms with E-state index in [4.69, 9.17) is 4.98 Å². The van der Waals surface area contributed by atoms with Gasteiger partial charge in [-0.25, -0.2) is 4.98 Å².